The van der Waals surface area contributed by atoms with E-state index in [1.54, 1.807) is 0 Å². The molecular weight excluding hydrogens is 350 g/mol. The molecule has 2 aromatic carbocycles. The van der Waals surface area contributed by atoms with Crippen LogP contribution in [0.15, 0.2) is 46.9 Å². The summed E-state index contributed by atoms with van der Waals surface area (Å²) in [6.07, 6.45) is 0.179. The van der Waals surface area contributed by atoms with Crippen LogP contribution in [0.2, 0.25) is 5.02 Å². The zero-order chi connectivity index (χ0) is 15.4. The highest BCUT2D eigenvalue weighted by molar-refractivity contribution is 9.10. The third kappa shape index (κ3) is 4.22. The molecule has 2 rings (SSSR count). The van der Waals surface area contributed by atoms with Gasteiger partial charge in [-0.3, -0.25) is 0 Å². The monoisotopic (exact) mass is 367 g/mol. The van der Waals surface area contributed by atoms with Gasteiger partial charge in [-0.15, -0.1) is 0 Å². The lowest BCUT2D eigenvalue weighted by atomic mass is 9.99. The van der Waals surface area contributed by atoms with E-state index in [1.807, 2.05) is 51.2 Å². The van der Waals surface area contributed by atoms with Crippen LogP contribution in [0, 0.1) is 0 Å². The summed E-state index contributed by atoms with van der Waals surface area (Å²) in [5.41, 5.74) is 2.28. The van der Waals surface area contributed by atoms with Gasteiger partial charge >= 0.3 is 0 Å². The Morgan fingerprint density at radius 2 is 1.76 bits per heavy atom. The summed E-state index contributed by atoms with van der Waals surface area (Å²) < 4.78 is 6.72. The van der Waals surface area contributed by atoms with Crippen LogP contribution in [0.3, 0.4) is 0 Å². The Kier molecular flexibility index (Phi) is 5.68. The Bertz CT molecular complexity index is 598. The zero-order valence-electron chi connectivity index (χ0n) is 12.4. The molecule has 0 amide bonds. The lowest BCUT2D eigenvalue weighted by molar-refractivity contribution is 0.242. The first-order chi connectivity index (χ1) is 10.0. The lowest BCUT2D eigenvalue weighted by Gasteiger charge is -2.20. The molecule has 0 aliphatic heterocycles. The molecule has 21 heavy (non-hydrogen) atoms. The Morgan fingerprint density at radius 3 is 2.33 bits per heavy atom. The average molecular weight is 369 g/mol. The minimum absolute atomic E-state index is 0.0752. The SMILES string of the molecule is CNC(c1ccc(OC(C)C)cc1)c1cc(Cl)ccc1Br. The summed E-state index contributed by atoms with van der Waals surface area (Å²) in [4.78, 5) is 0. The first-order valence-electron chi connectivity index (χ1n) is 6.90. The van der Waals surface area contributed by atoms with Gasteiger partial charge in [0.15, 0.2) is 0 Å². The normalized spacial score (nSPS) is 12.5. The van der Waals surface area contributed by atoms with Crippen molar-refractivity contribution in [2.75, 3.05) is 7.05 Å². The molecule has 0 aliphatic carbocycles. The van der Waals surface area contributed by atoms with Crippen LogP contribution in [0.1, 0.15) is 31.0 Å². The van der Waals surface area contributed by atoms with Gasteiger partial charge in [0.2, 0.25) is 0 Å². The molecule has 0 bridgehead atoms. The molecule has 0 saturated heterocycles. The topological polar surface area (TPSA) is 21.3 Å². The summed E-state index contributed by atoms with van der Waals surface area (Å²) in [6, 6.07) is 14.0. The Hall–Kier alpha value is -1.03. The second-order valence-corrected chi connectivity index (χ2v) is 6.41. The van der Waals surface area contributed by atoms with Crippen molar-refractivity contribution < 1.29 is 4.74 Å². The quantitative estimate of drug-likeness (QED) is 0.783. The number of rotatable bonds is 5. The van der Waals surface area contributed by atoms with Crippen molar-refractivity contribution in [3.8, 4) is 5.75 Å². The van der Waals surface area contributed by atoms with Gasteiger partial charge in [0.05, 0.1) is 12.1 Å². The molecule has 2 aromatic rings. The fourth-order valence-corrected chi connectivity index (χ4v) is 2.90. The Labute approximate surface area is 139 Å². The largest absolute Gasteiger partial charge is 0.491 e. The molecule has 0 saturated carbocycles. The highest BCUT2D eigenvalue weighted by Crippen LogP contribution is 2.31. The average Bonchev–Trinajstić information content (AvgIpc) is 2.44. The van der Waals surface area contributed by atoms with Crippen LogP contribution >= 0.6 is 27.5 Å². The van der Waals surface area contributed by atoms with Crippen LogP contribution in [-0.4, -0.2) is 13.2 Å². The van der Waals surface area contributed by atoms with E-state index in [9.17, 15) is 0 Å². The van der Waals surface area contributed by atoms with Gasteiger partial charge in [-0.25, -0.2) is 0 Å². The van der Waals surface area contributed by atoms with Gasteiger partial charge in [0, 0.05) is 9.50 Å². The first-order valence-corrected chi connectivity index (χ1v) is 8.07. The number of halogens is 2. The van der Waals surface area contributed by atoms with E-state index in [4.69, 9.17) is 16.3 Å². The lowest BCUT2D eigenvalue weighted by Crippen LogP contribution is -2.18. The van der Waals surface area contributed by atoms with Crippen molar-refractivity contribution in [2.45, 2.75) is 26.0 Å². The molecule has 1 N–H and O–H groups in total. The van der Waals surface area contributed by atoms with E-state index in [2.05, 4.69) is 33.4 Å². The van der Waals surface area contributed by atoms with E-state index >= 15 is 0 Å². The maximum Gasteiger partial charge on any atom is 0.119 e. The van der Waals surface area contributed by atoms with Gasteiger partial charge in [-0.1, -0.05) is 39.7 Å². The first kappa shape index (κ1) is 16.3. The van der Waals surface area contributed by atoms with E-state index in [1.165, 1.54) is 0 Å². The number of hydrogen-bond donors (Lipinski definition) is 1. The Morgan fingerprint density at radius 1 is 1.10 bits per heavy atom. The maximum atomic E-state index is 6.12. The summed E-state index contributed by atoms with van der Waals surface area (Å²) >= 11 is 9.71. The van der Waals surface area contributed by atoms with E-state index in [-0.39, 0.29) is 12.1 Å². The summed E-state index contributed by atoms with van der Waals surface area (Å²) in [6.45, 7) is 4.04. The van der Waals surface area contributed by atoms with Gasteiger partial charge < -0.3 is 10.1 Å². The molecule has 0 aliphatic rings. The fraction of sp³-hybridized carbons (Fsp3) is 0.294. The molecule has 0 spiro atoms. The summed E-state index contributed by atoms with van der Waals surface area (Å²) in [5.74, 6) is 0.883. The predicted octanol–water partition coefficient (Wildman–Crippen LogP) is 5.20. The second-order valence-electron chi connectivity index (χ2n) is 5.12. The van der Waals surface area contributed by atoms with Crippen molar-refractivity contribution in [2.24, 2.45) is 0 Å². The molecule has 2 nitrogen and oxygen atoms in total. The molecule has 0 heterocycles. The van der Waals surface area contributed by atoms with Crippen LogP contribution in [0.25, 0.3) is 0 Å². The van der Waals surface area contributed by atoms with E-state index < -0.39 is 0 Å². The van der Waals surface area contributed by atoms with Gasteiger partial charge in [-0.2, -0.15) is 0 Å². The highest BCUT2D eigenvalue weighted by atomic mass is 79.9. The van der Waals surface area contributed by atoms with Crippen LogP contribution < -0.4 is 10.1 Å². The minimum Gasteiger partial charge on any atom is -0.491 e. The van der Waals surface area contributed by atoms with Crippen molar-refractivity contribution >= 4 is 27.5 Å². The molecule has 0 fully saturated rings. The number of ether oxygens (including phenoxy) is 1. The molecular formula is C17H19BrClNO. The second kappa shape index (κ2) is 7.30. The zero-order valence-corrected chi connectivity index (χ0v) is 14.7. The Balaban J connectivity index is 2.31. The maximum absolute atomic E-state index is 6.12. The van der Waals surface area contributed by atoms with Gasteiger partial charge in [0.25, 0.3) is 0 Å². The number of benzene rings is 2. The van der Waals surface area contributed by atoms with Crippen molar-refractivity contribution in [1.29, 1.82) is 0 Å². The minimum atomic E-state index is 0.0752. The number of hydrogen-bond acceptors (Lipinski definition) is 2. The molecule has 1 atom stereocenters. The third-order valence-corrected chi connectivity index (χ3v) is 4.10. The van der Waals surface area contributed by atoms with Crippen molar-refractivity contribution in [1.82, 2.24) is 5.32 Å². The summed E-state index contributed by atoms with van der Waals surface area (Å²) in [7, 11) is 1.94. The van der Waals surface area contributed by atoms with Crippen molar-refractivity contribution in [3.63, 3.8) is 0 Å². The van der Waals surface area contributed by atoms with Crippen LogP contribution in [0.5, 0.6) is 5.75 Å². The van der Waals surface area contributed by atoms with Gasteiger partial charge in [-0.05, 0) is 62.4 Å². The smallest absolute Gasteiger partial charge is 0.119 e. The van der Waals surface area contributed by atoms with Crippen LogP contribution in [-0.2, 0) is 0 Å². The molecule has 4 heteroatoms. The summed E-state index contributed by atoms with van der Waals surface area (Å²) in [5, 5.41) is 4.06. The predicted molar refractivity (Wildman–Crippen MR) is 92.3 cm³/mol. The van der Waals surface area contributed by atoms with Crippen LogP contribution in [0.4, 0.5) is 0 Å². The van der Waals surface area contributed by atoms with Gasteiger partial charge in [0.1, 0.15) is 5.75 Å². The standard InChI is InChI=1S/C17H19BrClNO/c1-11(2)21-14-7-4-12(5-8-14)17(20-3)15-10-13(19)6-9-16(15)18/h4-11,17,20H,1-3H3. The molecule has 0 radical (unpaired) electrons. The molecule has 112 valence electrons. The molecule has 0 aromatic heterocycles. The highest BCUT2D eigenvalue weighted by Gasteiger charge is 2.15. The molecule has 1 unspecified atom stereocenters. The fourth-order valence-electron chi connectivity index (χ4n) is 2.25. The van der Waals surface area contributed by atoms with Crippen molar-refractivity contribution in [3.05, 3.63) is 63.1 Å². The van der Waals surface area contributed by atoms with E-state index in [0.29, 0.717) is 0 Å². The number of nitrogens with one attached hydrogen (secondary N) is 1. The van der Waals surface area contributed by atoms with E-state index in [0.717, 1.165) is 26.4 Å². The third-order valence-electron chi connectivity index (χ3n) is 3.14.